The fraction of sp³-hybridized carbons (Fsp3) is 0.158. The highest BCUT2D eigenvalue weighted by atomic mass is 16.5. The number of hydrogen-bond acceptors (Lipinski definition) is 5. The number of esters is 1. The molecule has 7 nitrogen and oxygen atoms in total. The van der Waals surface area contributed by atoms with Crippen molar-refractivity contribution in [2.24, 2.45) is 0 Å². The molecule has 0 saturated heterocycles. The number of hydrogen-bond donors (Lipinski definition) is 1. The summed E-state index contributed by atoms with van der Waals surface area (Å²) in [5.41, 5.74) is 0.653. The quantitative estimate of drug-likeness (QED) is 0.652. The van der Waals surface area contributed by atoms with Crippen molar-refractivity contribution in [2.45, 2.75) is 13.1 Å². The van der Waals surface area contributed by atoms with Crippen LogP contribution in [-0.2, 0) is 9.53 Å². The molecule has 26 heavy (non-hydrogen) atoms. The number of carbonyl (C=O) groups is 4. The van der Waals surface area contributed by atoms with E-state index in [0.29, 0.717) is 5.56 Å². The fourth-order valence-corrected chi connectivity index (χ4v) is 2.69. The van der Waals surface area contributed by atoms with Crippen LogP contribution in [0.5, 0.6) is 0 Å². The zero-order valence-corrected chi connectivity index (χ0v) is 14.0. The van der Waals surface area contributed by atoms with Gasteiger partial charge in [0.15, 0.2) is 0 Å². The summed E-state index contributed by atoms with van der Waals surface area (Å²) in [5, 5.41) is 2.43. The third-order valence-electron chi connectivity index (χ3n) is 3.90. The van der Waals surface area contributed by atoms with Crippen LogP contribution in [0.25, 0.3) is 0 Å². The van der Waals surface area contributed by atoms with E-state index in [-0.39, 0.29) is 17.7 Å². The highest BCUT2D eigenvalue weighted by Gasteiger charge is 2.44. The van der Waals surface area contributed by atoms with E-state index in [1.807, 2.05) is 0 Å². The number of nitrogens with one attached hydrogen (secondary N) is 1. The van der Waals surface area contributed by atoms with Gasteiger partial charge < -0.3 is 10.1 Å². The van der Waals surface area contributed by atoms with Gasteiger partial charge >= 0.3 is 5.97 Å². The van der Waals surface area contributed by atoms with Gasteiger partial charge in [-0.05, 0) is 31.2 Å². The van der Waals surface area contributed by atoms with E-state index in [9.17, 15) is 19.2 Å². The lowest BCUT2D eigenvalue weighted by atomic mass is 10.1. The predicted molar refractivity (Wildman–Crippen MR) is 91.3 cm³/mol. The second kappa shape index (κ2) is 7.18. The maximum Gasteiger partial charge on any atom is 0.350 e. The van der Waals surface area contributed by atoms with Crippen molar-refractivity contribution < 1.29 is 23.9 Å². The van der Waals surface area contributed by atoms with Gasteiger partial charge in [-0.25, -0.2) is 9.69 Å². The molecule has 0 fully saturated rings. The number of rotatable bonds is 5. The molecule has 2 aromatic carbocycles. The van der Waals surface area contributed by atoms with Gasteiger partial charge in [-0.1, -0.05) is 30.3 Å². The third-order valence-corrected chi connectivity index (χ3v) is 3.90. The van der Waals surface area contributed by atoms with E-state index in [0.717, 1.165) is 4.90 Å². The van der Waals surface area contributed by atoms with Gasteiger partial charge in [-0.2, -0.15) is 0 Å². The molecular weight excluding hydrogens is 336 g/mol. The summed E-state index contributed by atoms with van der Waals surface area (Å²) in [6, 6.07) is 14.4. The molecule has 132 valence electrons. The Hall–Kier alpha value is -3.48. The number of ether oxygens (including phenoxy) is 1. The average molecular weight is 352 g/mol. The van der Waals surface area contributed by atoms with Gasteiger partial charge in [0.1, 0.15) is 0 Å². The Labute approximate surface area is 149 Å². The molecular formula is C19H16N2O5. The van der Waals surface area contributed by atoms with Crippen molar-refractivity contribution in [3.05, 3.63) is 71.3 Å². The number of carbonyl (C=O) groups excluding carboxylic acids is 4. The molecule has 7 heteroatoms. The molecule has 2 aromatic rings. The van der Waals surface area contributed by atoms with E-state index >= 15 is 0 Å². The van der Waals surface area contributed by atoms with Crippen LogP contribution in [0.4, 0.5) is 0 Å². The van der Waals surface area contributed by atoms with Gasteiger partial charge in [0.25, 0.3) is 17.7 Å². The Morgan fingerprint density at radius 3 is 2.04 bits per heavy atom. The Morgan fingerprint density at radius 1 is 0.962 bits per heavy atom. The van der Waals surface area contributed by atoms with Crippen molar-refractivity contribution >= 4 is 23.7 Å². The van der Waals surface area contributed by atoms with Gasteiger partial charge in [-0.15, -0.1) is 0 Å². The Balaban J connectivity index is 1.93. The van der Waals surface area contributed by atoms with Crippen LogP contribution in [0.2, 0.25) is 0 Å². The maximum atomic E-state index is 12.6. The van der Waals surface area contributed by atoms with Gasteiger partial charge in [0, 0.05) is 5.56 Å². The number of nitrogens with zero attached hydrogens (tertiary/aromatic N) is 1. The van der Waals surface area contributed by atoms with Crippen LogP contribution in [0.1, 0.15) is 38.0 Å². The minimum absolute atomic E-state index is 0.0414. The molecule has 1 atom stereocenters. The summed E-state index contributed by atoms with van der Waals surface area (Å²) in [6.07, 6.45) is -1.55. The van der Waals surface area contributed by atoms with E-state index in [1.165, 1.54) is 12.1 Å². The summed E-state index contributed by atoms with van der Waals surface area (Å²) < 4.78 is 4.95. The first-order valence-corrected chi connectivity index (χ1v) is 8.04. The lowest BCUT2D eigenvalue weighted by molar-refractivity contribution is -0.148. The van der Waals surface area contributed by atoms with Crippen LogP contribution in [0, 0.1) is 0 Å². The first-order valence-electron chi connectivity index (χ1n) is 8.04. The zero-order chi connectivity index (χ0) is 18.7. The van der Waals surface area contributed by atoms with E-state index in [2.05, 4.69) is 5.32 Å². The molecule has 0 aliphatic carbocycles. The SMILES string of the molecule is CCOC(=O)C(NC(=O)c1ccccc1)N1C(=O)c2ccccc2C1=O. The van der Waals surface area contributed by atoms with E-state index in [4.69, 9.17) is 4.74 Å². The van der Waals surface area contributed by atoms with Crippen molar-refractivity contribution in [2.75, 3.05) is 6.61 Å². The van der Waals surface area contributed by atoms with Crippen LogP contribution in [0.3, 0.4) is 0 Å². The fourth-order valence-electron chi connectivity index (χ4n) is 2.69. The third kappa shape index (κ3) is 3.06. The number of imide groups is 1. The molecule has 1 N–H and O–H groups in total. The largest absolute Gasteiger partial charge is 0.463 e. The highest BCUT2D eigenvalue weighted by molar-refractivity contribution is 6.23. The van der Waals surface area contributed by atoms with Crippen molar-refractivity contribution in [3.63, 3.8) is 0 Å². The molecule has 0 saturated carbocycles. The topological polar surface area (TPSA) is 92.8 Å². The van der Waals surface area contributed by atoms with Crippen molar-refractivity contribution in [1.82, 2.24) is 10.2 Å². The van der Waals surface area contributed by atoms with Crippen LogP contribution in [0.15, 0.2) is 54.6 Å². The predicted octanol–water partition coefficient (Wildman–Crippen LogP) is 1.60. The first-order chi connectivity index (χ1) is 12.5. The molecule has 1 aliphatic heterocycles. The molecule has 0 bridgehead atoms. The Kier molecular flexibility index (Phi) is 4.79. The lowest BCUT2D eigenvalue weighted by Crippen LogP contribution is -2.55. The van der Waals surface area contributed by atoms with Crippen molar-refractivity contribution in [3.8, 4) is 0 Å². The average Bonchev–Trinajstić information content (AvgIpc) is 2.92. The molecule has 0 aromatic heterocycles. The van der Waals surface area contributed by atoms with Crippen molar-refractivity contribution in [1.29, 1.82) is 0 Å². The molecule has 1 heterocycles. The van der Waals surface area contributed by atoms with Gasteiger partial charge in [0.2, 0.25) is 6.17 Å². The smallest absolute Gasteiger partial charge is 0.350 e. The summed E-state index contributed by atoms with van der Waals surface area (Å²) in [6.45, 7) is 1.63. The number of amides is 3. The molecule has 0 spiro atoms. The summed E-state index contributed by atoms with van der Waals surface area (Å²) in [5.74, 6) is -2.79. The summed E-state index contributed by atoms with van der Waals surface area (Å²) >= 11 is 0. The van der Waals surface area contributed by atoms with Crippen LogP contribution in [-0.4, -0.2) is 41.4 Å². The Bertz CT molecular complexity index is 844. The number of fused-ring (bicyclic) bond motifs is 1. The summed E-state index contributed by atoms with van der Waals surface area (Å²) in [7, 11) is 0. The standard InChI is InChI=1S/C19H16N2O5/c1-2-26-19(25)15(20-16(22)12-8-4-3-5-9-12)21-17(23)13-10-6-7-11-14(13)18(21)24/h3-11,15H,2H2,1H3,(H,20,22). The lowest BCUT2D eigenvalue weighted by Gasteiger charge is -2.25. The first kappa shape index (κ1) is 17.3. The molecule has 0 radical (unpaired) electrons. The van der Waals surface area contributed by atoms with Gasteiger partial charge in [0.05, 0.1) is 17.7 Å². The normalized spacial score (nSPS) is 14.0. The molecule has 3 rings (SSSR count). The monoisotopic (exact) mass is 352 g/mol. The molecule has 1 unspecified atom stereocenters. The van der Waals surface area contributed by atoms with E-state index in [1.54, 1.807) is 49.4 Å². The molecule has 1 aliphatic rings. The summed E-state index contributed by atoms with van der Waals surface area (Å²) in [4.78, 5) is 50.8. The van der Waals surface area contributed by atoms with Gasteiger partial charge in [-0.3, -0.25) is 14.4 Å². The Morgan fingerprint density at radius 2 is 1.50 bits per heavy atom. The highest BCUT2D eigenvalue weighted by Crippen LogP contribution is 2.24. The minimum Gasteiger partial charge on any atom is -0.463 e. The number of benzene rings is 2. The molecule has 3 amide bonds. The second-order valence-electron chi connectivity index (χ2n) is 5.52. The maximum absolute atomic E-state index is 12.6. The van der Waals surface area contributed by atoms with E-state index < -0.39 is 29.9 Å². The zero-order valence-electron chi connectivity index (χ0n) is 14.0. The van der Waals surface area contributed by atoms with Crippen LogP contribution < -0.4 is 5.32 Å². The minimum atomic E-state index is -1.55. The second-order valence-corrected chi connectivity index (χ2v) is 5.52. The van der Waals surface area contributed by atoms with Crippen LogP contribution >= 0.6 is 0 Å².